The Labute approximate surface area is 62.4 Å². The van der Waals surface area contributed by atoms with E-state index in [0.29, 0.717) is 0 Å². The van der Waals surface area contributed by atoms with Gasteiger partial charge in [-0.25, -0.2) is 0 Å². The fraction of sp³-hybridized carbons (Fsp3) is 1.00. The number of aliphatic hydroxyl groups excluding tert-OH is 1. The summed E-state index contributed by atoms with van der Waals surface area (Å²) in [6.07, 6.45) is 4.44. The Bertz CT molecular complexity index is 110. The molecule has 1 atom stereocenters. The highest BCUT2D eigenvalue weighted by molar-refractivity contribution is 5.00. The first-order chi connectivity index (χ1) is 4.75. The van der Waals surface area contributed by atoms with E-state index in [1.165, 1.54) is 0 Å². The molecule has 1 rings (SSSR count). The van der Waals surface area contributed by atoms with Crippen molar-refractivity contribution in [2.75, 3.05) is 6.61 Å². The van der Waals surface area contributed by atoms with Crippen molar-refractivity contribution in [2.24, 2.45) is 11.1 Å². The van der Waals surface area contributed by atoms with E-state index in [0.717, 1.165) is 25.7 Å². The molecular weight excluding hydrogens is 126 g/mol. The first-order valence-electron chi connectivity index (χ1n) is 4.11. The van der Waals surface area contributed by atoms with E-state index in [-0.39, 0.29) is 18.1 Å². The maximum atomic E-state index is 8.97. The molecule has 2 nitrogen and oxygen atoms in total. The largest absolute Gasteiger partial charge is 0.396 e. The highest BCUT2D eigenvalue weighted by Crippen LogP contribution is 2.48. The lowest BCUT2D eigenvalue weighted by atomic mass is 9.95. The number of hydrogen-bond acceptors (Lipinski definition) is 2. The van der Waals surface area contributed by atoms with Crippen LogP contribution in [0.25, 0.3) is 0 Å². The zero-order valence-corrected chi connectivity index (χ0v) is 6.64. The van der Waals surface area contributed by atoms with Crippen molar-refractivity contribution < 1.29 is 5.11 Å². The molecule has 3 N–H and O–H groups in total. The molecule has 1 aliphatic carbocycles. The second-order valence-electron chi connectivity index (χ2n) is 3.42. The number of nitrogens with two attached hydrogens (primary N) is 1. The summed E-state index contributed by atoms with van der Waals surface area (Å²) in [4.78, 5) is 0. The van der Waals surface area contributed by atoms with Crippen molar-refractivity contribution in [2.45, 2.75) is 38.6 Å². The van der Waals surface area contributed by atoms with Gasteiger partial charge in [-0.15, -0.1) is 0 Å². The van der Waals surface area contributed by atoms with E-state index in [1.54, 1.807) is 0 Å². The van der Waals surface area contributed by atoms with Crippen LogP contribution >= 0.6 is 0 Å². The predicted molar refractivity (Wildman–Crippen MR) is 41.6 cm³/mol. The smallest absolute Gasteiger partial charge is 0.0502 e. The van der Waals surface area contributed by atoms with Gasteiger partial charge >= 0.3 is 0 Å². The molecule has 60 valence electrons. The minimum Gasteiger partial charge on any atom is -0.396 e. The van der Waals surface area contributed by atoms with Crippen LogP contribution in [0.15, 0.2) is 0 Å². The van der Waals surface area contributed by atoms with Crippen LogP contribution in [-0.2, 0) is 0 Å². The van der Waals surface area contributed by atoms with E-state index < -0.39 is 0 Å². The summed E-state index contributed by atoms with van der Waals surface area (Å²) in [6, 6.07) is 0.238. The molecule has 0 spiro atoms. The SMILES string of the molecule is CCCC(N)C1(CO)CC1. The molecular formula is C8H17NO. The summed E-state index contributed by atoms with van der Waals surface area (Å²) in [7, 11) is 0. The van der Waals surface area contributed by atoms with Crippen LogP contribution in [0.2, 0.25) is 0 Å². The molecule has 2 heteroatoms. The zero-order chi connectivity index (χ0) is 7.61. The molecule has 1 unspecified atom stereocenters. The second-order valence-corrected chi connectivity index (χ2v) is 3.42. The van der Waals surface area contributed by atoms with Gasteiger partial charge in [-0.3, -0.25) is 0 Å². The van der Waals surface area contributed by atoms with E-state index in [2.05, 4.69) is 6.92 Å². The summed E-state index contributed by atoms with van der Waals surface area (Å²) < 4.78 is 0. The normalized spacial score (nSPS) is 24.3. The van der Waals surface area contributed by atoms with Crippen molar-refractivity contribution in [3.63, 3.8) is 0 Å². The molecule has 0 aromatic heterocycles. The molecule has 0 amide bonds. The molecule has 1 saturated carbocycles. The Balaban J connectivity index is 2.32. The van der Waals surface area contributed by atoms with Crippen molar-refractivity contribution >= 4 is 0 Å². The zero-order valence-electron chi connectivity index (χ0n) is 6.64. The fourth-order valence-electron chi connectivity index (χ4n) is 1.42. The summed E-state index contributed by atoms with van der Waals surface area (Å²) in [5.41, 5.74) is 6.01. The number of rotatable bonds is 4. The van der Waals surface area contributed by atoms with Crippen molar-refractivity contribution in [1.82, 2.24) is 0 Å². The van der Waals surface area contributed by atoms with Gasteiger partial charge < -0.3 is 10.8 Å². The molecule has 1 fully saturated rings. The molecule has 0 aliphatic heterocycles. The lowest BCUT2D eigenvalue weighted by Crippen LogP contribution is -2.33. The molecule has 1 aliphatic rings. The van der Waals surface area contributed by atoms with Crippen LogP contribution in [0.1, 0.15) is 32.6 Å². The van der Waals surface area contributed by atoms with E-state index in [1.807, 2.05) is 0 Å². The fourth-order valence-corrected chi connectivity index (χ4v) is 1.42. The maximum Gasteiger partial charge on any atom is 0.0502 e. The maximum absolute atomic E-state index is 8.97. The third-order valence-electron chi connectivity index (χ3n) is 2.59. The first kappa shape index (κ1) is 8.02. The predicted octanol–water partition coefficient (Wildman–Crippen LogP) is 0.886. The monoisotopic (exact) mass is 143 g/mol. The lowest BCUT2D eigenvalue weighted by Gasteiger charge is -2.19. The molecule has 0 aromatic rings. The first-order valence-corrected chi connectivity index (χ1v) is 4.11. The van der Waals surface area contributed by atoms with E-state index >= 15 is 0 Å². The lowest BCUT2D eigenvalue weighted by molar-refractivity contribution is 0.183. The van der Waals surface area contributed by atoms with Crippen LogP contribution in [0.5, 0.6) is 0 Å². The van der Waals surface area contributed by atoms with Gasteiger partial charge in [-0.2, -0.15) is 0 Å². The van der Waals surface area contributed by atoms with Gasteiger partial charge in [-0.05, 0) is 19.3 Å². The summed E-state index contributed by atoms with van der Waals surface area (Å²) in [5, 5.41) is 8.97. The van der Waals surface area contributed by atoms with Crippen molar-refractivity contribution in [1.29, 1.82) is 0 Å². The number of hydrogen-bond donors (Lipinski definition) is 2. The van der Waals surface area contributed by atoms with Crippen LogP contribution in [-0.4, -0.2) is 17.8 Å². The topological polar surface area (TPSA) is 46.2 Å². The van der Waals surface area contributed by atoms with Crippen molar-refractivity contribution in [3.05, 3.63) is 0 Å². The highest BCUT2D eigenvalue weighted by Gasteiger charge is 2.46. The standard InChI is InChI=1S/C8H17NO/c1-2-3-7(9)8(6-10)4-5-8/h7,10H,2-6,9H2,1H3. The minimum absolute atomic E-state index is 0.135. The van der Waals surface area contributed by atoms with Crippen LogP contribution in [0, 0.1) is 5.41 Å². The van der Waals surface area contributed by atoms with Gasteiger partial charge in [0.25, 0.3) is 0 Å². The Morgan fingerprint density at radius 1 is 1.60 bits per heavy atom. The van der Waals surface area contributed by atoms with Gasteiger partial charge in [0, 0.05) is 11.5 Å². The molecule has 0 aromatic carbocycles. The third-order valence-corrected chi connectivity index (χ3v) is 2.59. The quantitative estimate of drug-likeness (QED) is 0.614. The van der Waals surface area contributed by atoms with E-state index in [9.17, 15) is 0 Å². The Morgan fingerprint density at radius 3 is 2.50 bits per heavy atom. The Kier molecular flexibility index (Phi) is 2.32. The van der Waals surface area contributed by atoms with Crippen LogP contribution in [0.3, 0.4) is 0 Å². The Morgan fingerprint density at radius 2 is 2.20 bits per heavy atom. The van der Waals surface area contributed by atoms with Gasteiger partial charge in [0.1, 0.15) is 0 Å². The molecule has 10 heavy (non-hydrogen) atoms. The minimum atomic E-state index is 0.135. The Hall–Kier alpha value is -0.0800. The molecule has 0 heterocycles. The van der Waals surface area contributed by atoms with Gasteiger partial charge in [-0.1, -0.05) is 13.3 Å². The van der Waals surface area contributed by atoms with Gasteiger partial charge in [0.15, 0.2) is 0 Å². The summed E-state index contributed by atoms with van der Waals surface area (Å²) in [5.74, 6) is 0. The summed E-state index contributed by atoms with van der Waals surface area (Å²) in [6.45, 7) is 2.42. The van der Waals surface area contributed by atoms with Crippen LogP contribution in [0.4, 0.5) is 0 Å². The molecule has 0 radical (unpaired) electrons. The van der Waals surface area contributed by atoms with E-state index in [4.69, 9.17) is 10.8 Å². The summed E-state index contributed by atoms with van der Waals surface area (Å²) >= 11 is 0. The molecule has 0 bridgehead atoms. The van der Waals surface area contributed by atoms with Crippen LogP contribution < -0.4 is 5.73 Å². The van der Waals surface area contributed by atoms with Gasteiger partial charge in [0.2, 0.25) is 0 Å². The number of aliphatic hydroxyl groups is 1. The van der Waals surface area contributed by atoms with Crippen molar-refractivity contribution in [3.8, 4) is 0 Å². The third kappa shape index (κ3) is 1.32. The average molecular weight is 143 g/mol. The van der Waals surface area contributed by atoms with Gasteiger partial charge in [0.05, 0.1) is 6.61 Å². The highest BCUT2D eigenvalue weighted by atomic mass is 16.3. The second kappa shape index (κ2) is 2.89. The molecule has 0 saturated heterocycles. The average Bonchev–Trinajstić information content (AvgIpc) is 2.68.